The lowest BCUT2D eigenvalue weighted by Crippen LogP contribution is -2.20. The quantitative estimate of drug-likeness (QED) is 0.215. The lowest BCUT2D eigenvalue weighted by atomic mass is 10.0. The molecule has 2 N–H and O–H groups in total. The Bertz CT molecular complexity index is 1300. The second-order valence-electron chi connectivity index (χ2n) is 7.43. The molecule has 2 heterocycles. The highest BCUT2D eigenvalue weighted by Crippen LogP contribution is 2.40. The van der Waals surface area contributed by atoms with Gasteiger partial charge in [-0.05, 0) is 49.3 Å². The van der Waals surface area contributed by atoms with Crippen LogP contribution in [-0.4, -0.2) is 27.5 Å². The van der Waals surface area contributed by atoms with Crippen LogP contribution < -0.4 is 10.6 Å². The van der Waals surface area contributed by atoms with Crippen LogP contribution in [0, 0.1) is 6.92 Å². The number of esters is 1. The van der Waals surface area contributed by atoms with Crippen molar-refractivity contribution >= 4 is 57.1 Å². The van der Waals surface area contributed by atoms with Crippen LogP contribution in [0.4, 0.5) is 10.8 Å². The Kier molecular flexibility index (Phi) is 7.62. The first-order chi connectivity index (χ1) is 16.4. The summed E-state index contributed by atoms with van der Waals surface area (Å²) in [5.74, 6) is 0.212. The maximum Gasteiger partial charge on any atom is 0.341 e. The van der Waals surface area contributed by atoms with E-state index >= 15 is 0 Å². The number of nitrogens with one attached hydrogen (secondary N) is 2. The Morgan fingerprint density at radius 2 is 1.85 bits per heavy atom. The first-order valence-electron chi connectivity index (χ1n) is 10.7. The molecule has 0 atom stereocenters. The molecule has 2 aromatic heterocycles. The van der Waals surface area contributed by atoms with E-state index in [1.54, 1.807) is 11.6 Å². The van der Waals surface area contributed by atoms with Gasteiger partial charge in [0, 0.05) is 27.7 Å². The van der Waals surface area contributed by atoms with Crippen LogP contribution in [0.3, 0.4) is 0 Å². The number of carbonyl (C=O) groups is 1. The SMILES string of the molecule is CCOC(=O)c1c(NC(=S)Nc2ccn(Cc3ccc(Cl)cc3)n2)sc(C)c1-c1ccccc1. The Hall–Kier alpha value is -3.20. The van der Waals surface area contributed by atoms with E-state index in [1.165, 1.54) is 11.3 Å². The summed E-state index contributed by atoms with van der Waals surface area (Å²) in [7, 11) is 0. The summed E-state index contributed by atoms with van der Waals surface area (Å²) < 4.78 is 7.16. The van der Waals surface area contributed by atoms with Gasteiger partial charge in [-0.3, -0.25) is 4.68 Å². The zero-order chi connectivity index (χ0) is 24.1. The van der Waals surface area contributed by atoms with Gasteiger partial charge in [0.25, 0.3) is 0 Å². The lowest BCUT2D eigenvalue weighted by molar-refractivity contribution is 0.0529. The van der Waals surface area contributed by atoms with Crippen molar-refractivity contribution < 1.29 is 9.53 Å². The molecule has 174 valence electrons. The largest absolute Gasteiger partial charge is 0.462 e. The van der Waals surface area contributed by atoms with Gasteiger partial charge in [-0.1, -0.05) is 54.1 Å². The number of rotatable bonds is 7. The van der Waals surface area contributed by atoms with Crippen molar-refractivity contribution in [1.29, 1.82) is 0 Å². The number of ether oxygens (including phenoxy) is 1. The highest BCUT2D eigenvalue weighted by molar-refractivity contribution is 7.80. The predicted octanol–water partition coefficient (Wildman–Crippen LogP) is 6.61. The molecule has 4 rings (SSSR count). The maximum absolute atomic E-state index is 12.9. The van der Waals surface area contributed by atoms with Gasteiger partial charge in [0.2, 0.25) is 0 Å². The fraction of sp³-hybridized carbons (Fsp3) is 0.160. The summed E-state index contributed by atoms with van der Waals surface area (Å²) in [5, 5.41) is 12.5. The van der Waals surface area contributed by atoms with Crippen LogP contribution in [0.2, 0.25) is 5.02 Å². The van der Waals surface area contributed by atoms with Crippen molar-refractivity contribution in [2.24, 2.45) is 0 Å². The van der Waals surface area contributed by atoms with Crippen LogP contribution in [0.1, 0.15) is 27.7 Å². The summed E-state index contributed by atoms with van der Waals surface area (Å²) in [4.78, 5) is 13.9. The van der Waals surface area contributed by atoms with E-state index in [4.69, 9.17) is 28.6 Å². The van der Waals surface area contributed by atoms with Gasteiger partial charge >= 0.3 is 5.97 Å². The van der Waals surface area contributed by atoms with Gasteiger partial charge in [0.1, 0.15) is 10.6 Å². The number of benzene rings is 2. The molecule has 2 aromatic carbocycles. The molecule has 0 spiro atoms. The summed E-state index contributed by atoms with van der Waals surface area (Å²) in [6.07, 6.45) is 1.87. The van der Waals surface area contributed by atoms with Crippen LogP contribution in [0.25, 0.3) is 11.1 Å². The number of thiocarbonyl (C=S) groups is 1. The minimum Gasteiger partial charge on any atom is -0.462 e. The molecule has 0 radical (unpaired) electrons. The molecule has 0 aliphatic rings. The minimum atomic E-state index is -0.386. The van der Waals surface area contributed by atoms with Gasteiger partial charge in [0.05, 0.1) is 13.2 Å². The molecule has 0 saturated heterocycles. The van der Waals surface area contributed by atoms with Crippen LogP contribution >= 0.6 is 35.2 Å². The van der Waals surface area contributed by atoms with E-state index in [0.717, 1.165) is 21.6 Å². The summed E-state index contributed by atoms with van der Waals surface area (Å²) in [6, 6.07) is 19.3. The maximum atomic E-state index is 12.9. The number of anilines is 2. The fourth-order valence-corrected chi connectivity index (χ4v) is 4.99. The predicted molar refractivity (Wildman–Crippen MR) is 143 cm³/mol. The Morgan fingerprint density at radius 3 is 2.56 bits per heavy atom. The third-order valence-electron chi connectivity index (χ3n) is 4.99. The third-order valence-corrected chi connectivity index (χ3v) is 6.47. The Balaban J connectivity index is 1.51. The van der Waals surface area contributed by atoms with Crippen LogP contribution in [-0.2, 0) is 11.3 Å². The van der Waals surface area contributed by atoms with Crippen molar-refractivity contribution in [3.63, 3.8) is 0 Å². The number of aryl methyl sites for hydroxylation is 1. The fourth-order valence-electron chi connectivity index (χ4n) is 3.53. The number of aromatic nitrogens is 2. The number of thiophene rings is 1. The number of halogens is 1. The number of nitrogens with zero attached hydrogens (tertiary/aromatic N) is 2. The molecular formula is C25H23ClN4O2S2. The van der Waals surface area contributed by atoms with Gasteiger partial charge in [-0.2, -0.15) is 5.10 Å². The van der Waals surface area contributed by atoms with Crippen molar-refractivity contribution in [1.82, 2.24) is 9.78 Å². The molecule has 4 aromatic rings. The number of carbonyl (C=O) groups excluding carboxylic acids is 1. The molecule has 0 amide bonds. The van der Waals surface area contributed by atoms with Crippen LogP contribution in [0.5, 0.6) is 0 Å². The molecule has 9 heteroatoms. The van der Waals surface area contributed by atoms with E-state index in [1.807, 2.05) is 73.8 Å². The molecule has 6 nitrogen and oxygen atoms in total. The molecular weight excluding hydrogens is 488 g/mol. The van der Waals surface area contributed by atoms with Crippen LogP contribution in [0.15, 0.2) is 66.9 Å². The second-order valence-corrected chi connectivity index (χ2v) is 9.50. The smallest absolute Gasteiger partial charge is 0.341 e. The number of hydrogen-bond donors (Lipinski definition) is 2. The van der Waals surface area contributed by atoms with Crippen molar-refractivity contribution in [2.45, 2.75) is 20.4 Å². The minimum absolute atomic E-state index is 0.287. The summed E-state index contributed by atoms with van der Waals surface area (Å²) in [6.45, 7) is 4.67. The normalized spacial score (nSPS) is 10.7. The summed E-state index contributed by atoms with van der Waals surface area (Å²) in [5.41, 5.74) is 3.36. The van der Waals surface area contributed by atoms with Crippen molar-refractivity contribution in [3.05, 3.63) is 87.9 Å². The zero-order valence-electron chi connectivity index (χ0n) is 18.7. The topological polar surface area (TPSA) is 68.2 Å². The first-order valence-corrected chi connectivity index (χ1v) is 12.3. The Labute approximate surface area is 212 Å². The zero-order valence-corrected chi connectivity index (χ0v) is 21.1. The van der Waals surface area contributed by atoms with Gasteiger partial charge < -0.3 is 15.4 Å². The van der Waals surface area contributed by atoms with Gasteiger partial charge in [-0.15, -0.1) is 11.3 Å². The van der Waals surface area contributed by atoms with E-state index in [2.05, 4.69) is 15.7 Å². The van der Waals surface area contributed by atoms with E-state index in [9.17, 15) is 4.79 Å². The average molecular weight is 511 g/mol. The second kappa shape index (κ2) is 10.8. The molecule has 0 fully saturated rings. The standard InChI is InChI=1S/C25H23ClN4O2S2/c1-3-32-24(31)22-21(18-7-5-4-6-8-18)16(2)34-23(22)28-25(33)27-20-13-14-30(29-20)15-17-9-11-19(26)12-10-17/h4-14H,3,15H2,1-2H3,(H2,27,28,29,33). The van der Waals surface area contributed by atoms with Crippen molar-refractivity contribution in [2.75, 3.05) is 17.2 Å². The highest BCUT2D eigenvalue weighted by Gasteiger charge is 2.25. The third kappa shape index (κ3) is 5.64. The molecule has 0 unspecified atom stereocenters. The first kappa shape index (κ1) is 23.9. The highest BCUT2D eigenvalue weighted by atomic mass is 35.5. The Morgan fingerprint density at radius 1 is 1.12 bits per heavy atom. The van der Waals surface area contributed by atoms with E-state index < -0.39 is 0 Å². The molecule has 0 saturated carbocycles. The van der Waals surface area contributed by atoms with Crippen molar-refractivity contribution in [3.8, 4) is 11.1 Å². The van der Waals surface area contributed by atoms with E-state index in [0.29, 0.717) is 33.1 Å². The average Bonchev–Trinajstić information content (AvgIpc) is 3.39. The van der Waals surface area contributed by atoms with Gasteiger partial charge in [0.15, 0.2) is 10.9 Å². The molecule has 0 aliphatic carbocycles. The monoisotopic (exact) mass is 510 g/mol. The number of hydrogen-bond acceptors (Lipinski definition) is 5. The summed E-state index contributed by atoms with van der Waals surface area (Å²) >= 11 is 12.9. The van der Waals surface area contributed by atoms with Gasteiger partial charge in [-0.25, -0.2) is 4.79 Å². The molecule has 34 heavy (non-hydrogen) atoms. The lowest BCUT2D eigenvalue weighted by Gasteiger charge is -2.11. The molecule has 0 bridgehead atoms. The van der Waals surface area contributed by atoms with E-state index in [-0.39, 0.29) is 12.6 Å². The molecule has 0 aliphatic heterocycles.